The van der Waals surface area contributed by atoms with Gasteiger partial charge in [0.2, 0.25) is 10.0 Å². The number of nitrogens with one attached hydrogen (secondary N) is 1. The smallest absolute Gasteiger partial charge is 0.238 e. The van der Waals surface area contributed by atoms with Crippen molar-refractivity contribution in [1.29, 1.82) is 0 Å². The molecule has 1 aromatic rings. The molecule has 5 heteroatoms. The summed E-state index contributed by atoms with van der Waals surface area (Å²) >= 11 is 0. The highest BCUT2D eigenvalue weighted by atomic mass is 32.2. The normalized spacial score (nSPS) is 22.6. The third kappa shape index (κ3) is 4.45. The second-order valence-corrected chi connectivity index (χ2v) is 8.49. The van der Waals surface area contributed by atoms with E-state index >= 15 is 0 Å². The predicted molar refractivity (Wildman–Crippen MR) is 86.8 cm³/mol. The van der Waals surface area contributed by atoms with Crippen LogP contribution in [0.15, 0.2) is 23.1 Å². The quantitative estimate of drug-likeness (QED) is 0.840. The van der Waals surface area contributed by atoms with E-state index in [1.165, 1.54) is 19.3 Å². The zero-order valence-corrected chi connectivity index (χ0v) is 14.0. The molecule has 118 valence electrons. The van der Waals surface area contributed by atoms with E-state index in [4.69, 9.17) is 5.14 Å². The summed E-state index contributed by atoms with van der Waals surface area (Å²) in [6.07, 6.45) is 5.90. The van der Waals surface area contributed by atoms with Crippen LogP contribution in [0.1, 0.15) is 51.5 Å². The van der Waals surface area contributed by atoms with Gasteiger partial charge in [-0.15, -0.1) is 0 Å². The van der Waals surface area contributed by atoms with Crippen LogP contribution in [0.4, 0.5) is 5.69 Å². The SMILES string of the molecule is Cc1ccc(NC2CCCC(C)(C)CC2)cc1S(N)(=O)=O. The van der Waals surface area contributed by atoms with Crippen molar-refractivity contribution in [2.24, 2.45) is 10.6 Å². The van der Waals surface area contributed by atoms with Gasteiger partial charge >= 0.3 is 0 Å². The molecule has 1 aromatic carbocycles. The number of sulfonamides is 1. The Balaban J connectivity index is 2.13. The Labute approximate surface area is 128 Å². The Bertz CT molecular complexity index is 609. The van der Waals surface area contributed by atoms with E-state index < -0.39 is 10.0 Å². The Kier molecular flexibility index (Phi) is 4.63. The highest BCUT2D eigenvalue weighted by Gasteiger charge is 2.24. The van der Waals surface area contributed by atoms with Crippen LogP contribution >= 0.6 is 0 Å². The van der Waals surface area contributed by atoms with Crippen molar-refractivity contribution in [3.8, 4) is 0 Å². The number of hydrogen-bond donors (Lipinski definition) is 2. The summed E-state index contributed by atoms with van der Waals surface area (Å²) in [4.78, 5) is 0.210. The maximum Gasteiger partial charge on any atom is 0.238 e. The van der Waals surface area contributed by atoms with Crippen molar-refractivity contribution in [3.05, 3.63) is 23.8 Å². The van der Waals surface area contributed by atoms with Gasteiger partial charge in [-0.05, 0) is 55.7 Å². The molecule has 1 unspecified atom stereocenters. The van der Waals surface area contributed by atoms with Gasteiger partial charge < -0.3 is 5.32 Å². The average Bonchev–Trinajstić information content (AvgIpc) is 2.52. The molecule has 1 atom stereocenters. The molecule has 0 aromatic heterocycles. The minimum absolute atomic E-state index is 0.210. The summed E-state index contributed by atoms with van der Waals surface area (Å²) < 4.78 is 23.2. The zero-order chi connectivity index (χ0) is 15.7. The Hall–Kier alpha value is -1.07. The second-order valence-electron chi connectivity index (χ2n) is 6.96. The number of hydrogen-bond acceptors (Lipinski definition) is 3. The van der Waals surface area contributed by atoms with E-state index in [2.05, 4.69) is 19.2 Å². The molecule has 1 saturated carbocycles. The summed E-state index contributed by atoms with van der Waals surface area (Å²) in [5, 5.41) is 8.74. The minimum atomic E-state index is -3.66. The van der Waals surface area contributed by atoms with Gasteiger partial charge in [-0.3, -0.25) is 0 Å². The van der Waals surface area contributed by atoms with Gasteiger partial charge in [0, 0.05) is 11.7 Å². The molecule has 21 heavy (non-hydrogen) atoms. The molecule has 0 bridgehead atoms. The lowest BCUT2D eigenvalue weighted by Crippen LogP contribution is -2.20. The molecule has 1 aliphatic rings. The van der Waals surface area contributed by atoms with Crippen LogP contribution in [0.25, 0.3) is 0 Å². The molecule has 0 saturated heterocycles. The first-order valence-corrected chi connectivity index (χ1v) is 9.12. The Morgan fingerprint density at radius 3 is 2.62 bits per heavy atom. The molecule has 3 N–H and O–H groups in total. The number of benzene rings is 1. The summed E-state index contributed by atoms with van der Waals surface area (Å²) in [7, 11) is -3.66. The molecule has 0 amide bonds. The first-order chi connectivity index (χ1) is 9.67. The Morgan fingerprint density at radius 1 is 1.24 bits per heavy atom. The van der Waals surface area contributed by atoms with Crippen LogP contribution in [0.5, 0.6) is 0 Å². The zero-order valence-electron chi connectivity index (χ0n) is 13.1. The standard InChI is InChI=1S/C16H26N2O2S/c1-12-6-7-14(11-15(12)21(17,19)20)18-13-5-4-9-16(2,3)10-8-13/h6-7,11,13,18H,4-5,8-10H2,1-3H3,(H2,17,19,20). The van der Waals surface area contributed by atoms with Crippen LogP contribution < -0.4 is 10.5 Å². The molecular formula is C16H26N2O2S. The summed E-state index contributed by atoms with van der Waals surface area (Å²) in [6, 6.07) is 5.80. The van der Waals surface area contributed by atoms with Gasteiger partial charge in [0.05, 0.1) is 4.90 Å². The molecule has 4 nitrogen and oxygen atoms in total. The molecule has 1 fully saturated rings. The number of rotatable bonds is 3. The van der Waals surface area contributed by atoms with Gasteiger partial charge in [-0.1, -0.05) is 26.3 Å². The number of primary sulfonamides is 1. The van der Waals surface area contributed by atoms with Crippen molar-refractivity contribution >= 4 is 15.7 Å². The minimum Gasteiger partial charge on any atom is -0.382 e. The van der Waals surface area contributed by atoms with E-state index in [0.29, 0.717) is 17.0 Å². The van der Waals surface area contributed by atoms with Gasteiger partial charge in [-0.25, -0.2) is 13.6 Å². The van der Waals surface area contributed by atoms with Crippen molar-refractivity contribution in [1.82, 2.24) is 0 Å². The lowest BCUT2D eigenvalue weighted by Gasteiger charge is -2.22. The monoisotopic (exact) mass is 310 g/mol. The van der Waals surface area contributed by atoms with Crippen LogP contribution in [0.2, 0.25) is 0 Å². The summed E-state index contributed by atoms with van der Waals surface area (Å²) in [5.74, 6) is 0. The molecule has 0 aliphatic heterocycles. The summed E-state index contributed by atoms with van der Waals surface area (Å²) in [5.41, 5.74) is 1.94. The molecular weight excluding hydrogens is 284 g/mol. The fraction of sp³-hybridized carbons (Fsp3) is 0.625. The van der Waals surface area contributed by atoms with Crippen molar-refractivity contribution in [3.63, 3.8) is 0 Å². The fourth-order valence-corrected chi connectivity index (χ4v) is 3.85. The van der Waals surface area contributed by atoms with Crippen LogP contribution in [0.3, 0.4) is 0 Å². The maximum atomic E-state index is 11.6. The second kappa shape index (κ2) is 5.97. The average molecular weight is 310 g/mol. The third-order valence-electron chi connectivity index (χ3n) is 4.44. The van der Waals surface area contributed by atoms with Gasteiger partial charge in [0.25, 0.3) is 0 Å². The Morgan fingerprint density at radius 2 is 1.95 bits per heavy atom. The molecule has 0 radical (unpaired) electrons. The van der Waals surface area contributed by atoms with Gasteiger partial charge in [0.1, 0.15) is 0 Å². The lowest BCUT2D eigenvalue weighted by atomic mass is 9.85. The largest absolute Gasteiger partial charge is 0.382 e. The number of anilines is 1. The van der Waals surface area contributed by atoms with Crippen molar-refractivity contribution in [2.75, 3.05) is 5.32 Å². The van der Waals surface area contributed by atoms with Crippen molar-refractivity contribution < 1.29 is 8.42 Å². The topological polar surface area (TPSA) is 72.2 Å². The number of aryl methyl sites for hydroxylation is 1. The van der Waals surface area contributed by atoms with E-state index in [9.17, 15) is 8.42 Å². The van der Waals surface area contributed by atoms with Crippen LogP contribution in [0, 0.1) is 12.3 Å². The van der Waals surface area contributed by atoms with Gasteiger partial charge in [-0.2, -0.15) is 0 Å². The molecule has 0 spiro atoms. The number of nitrogens with two attached hydrogens (primary N) is 1. The maximum absolute atomic E-state index is 11.6. The highest BCUT2D eigenvalue weighted by molar-refractivity contribution is 7.89. The summed E-state index contributed by atoms with van der Waals surface area (Å²) in [6.45, 7) is 6.40. The van der Waals surface area contributed by atoms with Crippen LogP contribution in [-0.2, 0) is 10.0 Å². The molecule has 2 rings (SSSR count). The third-order valence-corrected chi connectivity index (χ3v) is 5.49. The van der Waals surface area contributed by atoms with Gasteiger partial charge in [0.15, 0.2) is 0 Å². The van der Waals surface area contributed by atoms with E-state index in [1.807, 2.05) is 12.1 Å². The highest BCUT2D eigenvalue weighted by Crippen LogP contribution is 2.34. The first kappa shape index (κ1) is 16.3. The van der Waals surface area contributed by atoms with E-state index in [1.54, 1.807) is 13.0 Å². The molecule has 0 heterocycles. The van der Waals surface area contributed by atoms with Crippen LogP contribution in [-0.4, -0.2) is 14.5 Å². The fourth-order valence-electron chi connectivity index (χ4n) is 3.04. The molecule has 1 aliphatic carbocycles. The van der Waals surface area contributed by atoms with Crippen molar-refractivity contribution in [2.45, 2.75) is 63.8 Å². The predicted octanol–water partition coefficient (Wildman–Crippen LogP) is 3.41. The van der Waals surface area contributed by atoms with E-state index in [-0.39, 0.29) is 4.90 Å². The lowest BCUT2D eigenvalue weighted by molar-refractivity contribution is 0.313. The van der Waals surface area contributed by atoms with E-state index in [0.717, 1.165) is 18.5 Å². The first-order valence-electron chi connectivity index (χ1n) is 7.57.